The molecule has 0 unspecified atom stereocenters. The van der Waals surface area contributed by atoms with Crippen LogP contribution in [0.1, 0.15) is 187 Å². The van der Waals surface area contributed by atoms with Crippen molar-refractivity contribution in [1.82, 2.24) is 0 Å². The first-order valence-electron chi connectivity index (χ1n) is 21.2. The molecular formula is C51H99FeN6Sn3. The largest absolute Gasteiger partial charge is 3.00 e. The van der Waals surface area contributed by atoms with Crippen LogP contribution in [0, 0.1) is 120 Å². The molecule has 10 heteroatoms. The Hall–Kier alpha value is -0.144. The Labute approximate surface area is 418 Å². The maximum absolute atomic E-state index is 6.25. The third-order valence-electron chi connectivity index (χ3n) is 7.02. The number of nitrogens with zero attached hydrogens (tertiary/aromatic N) is 6. The molecule has 0 aromatic heterocycles. The molecular weight excluding hydrogens is 1110 g/mol. The van der Waals surface area contributed by atoms with Gasteiger partial charge in [-0.1, -0.05) is 0 Å². The van der Waals surface area contributed by atoms with E-state index in [0.29, 0.717) is 48.7 Å². The fourth-order valence-electron chi connectivity index (χ4n) is 7.31. The monoisotopic (exact) mass is 1210 g/mol. The maximum Gasteiger partial charge on any atom is 3.00 e. The summed E-state index contributed by atoms with van der Waals surface area (Å²) < 4.78 is 13.9. The third kappa shape index (κ3) is 99.6. The van der Waals surface area contributed by atoms with Gasteiger partial charge in [0.25, 0.3) is 0 Å². The zero-order valence-corrected chi connectivity index (χ0v) is 55.1. The molecule has 0 rings (SSSR count). The Bertz CT molecular complexity index is 832. The second-order valence-electron chi connectivity index (χ2n) is 26.9. The summed E-state index contributed by atoms with van der Waals surface area (Å²) in [5.41, 5.74) is 4.92. The molecule has 0 fully saturated rings. The molecule has 0 spiro atoms. The van der Waals surface area contributed by atoms with E-state index >= 15 is 0 Å². The van der Waals surface area contributed by atoms with Crippen molar-refractivity contribution in [2.24, 2.45) is 48.7 Å². The summed E-state index contributed by atoms with van der Waals surface area (Å²) >= 11 is -3.66. The first kappa shape index (κ1) is 84.3. The van der Waals surface area contributed by atoms with Crippen LogP contribution in [0.3, 0.4) is 0 Å². The van der Waals surface area contributed by atoms with E-state index in [9.17, 15) is 0 Å². The average Bonchev–Trinajstić information content (AvgIpc) is 2.96. The number of rotatable bonds is 9. The molecule has 1 radical (unpaired) electrons. The van der Waals surface area contributed by atoms with Crippen LogP contribution < -0.4 is 0 Å². The van der Waals surface area contributed by atoms with Crippen molar-refractivity contribution in [2.75, 3.05) is 0 Å². The Kier molecular flexibility index (Phi) is 55.5. The van der Waals surface area contributed by atoms with Crippen molar-refractivity contribution in [3.8, 4) is 0 Å². The van der Waals surface area contributed by atoms with Gasteiger partial charge in [-0.05, 0) is 0 Å². The zero-order valence-electron chi connectivity index (χ0n) is 45.4. The summed E-state index contributed by atoms with van der Waals surface area (Å²) in [7, 11) is 0. The SMILES string of the molecule is CC(C)(C)[CH2][Sn+]([CH2]C(C)(C)C)[CH2]C(C)(C)C.CC(C)(C)[CH2][Sn+]([CH2]C(C)(C)C)[CH2]C(C)(C)C.CC(C)(C)[CH2][Sn+]([CH2]C(C)(C)C)[CH2]C(C)(C)C.[C-]#N.[C-]#N.[C-]#N.[C-]#N.[C-]#N.[C-]#N.[Fe+3]. The van der Waals surface area contributed by atoms with E-state index in [2.05, 4.69) is 187 Å². The van der Waals surface area contributed by atoms with E-state index in [-0.39, 0.29) is 17.1 Å². The van der Waals surface area contributed by atoms with Crippen molar-refractivity contribution < 1.29 is 17.1 Å². The smallest absolute Gasteiger partial charge is 0.512 e. The molecule has 6 nitrogen and oxygen atoms in total. The molecule has 0 aliphatic heterocycles. The predicted octanol–water partition coefficient (Wildman–Crippen LogP) is 17.4. The standard InChI is InChI=1S/9C5H11.6CN.Fe.3Sn/c9*1-5(2,3)4;6*1-2;;;;/h9*1H2,2-4H3;;;;;;;;;;/q;;;;;;;;;6*-1;+3;3*+1. The Morgan fingerprint density at radius 1 is 0.197 bits per heavy atom. The Morgan fingerprint density at radius 2 is 0.246 bits per heavy atom. The molecule has 353 valence electrons. The molecule has 0 aliphatic rings. The van der Waals surface area contributed by atoms with E-state index in [1.54, 1.807) is 39.9 Å². The summed E-state index contributed by atoms with van der Waals surface area (Å²) in [6, 6.07) is 0. The molecule has 0 bridgehead atoms. The molecule has 0 aliphatic carbocycles. The zero-order chi connectivity index (χ0) is 51.6. The van der Waals surface area contributed by atoms with Crippen LogP contribution in [-0.4, -0.2) is 59.3 Å². The van der Waals surface area contributed by atoms with E-state index in [1.165, 1.54) is 0 Å². The van der Waals surface area contributed by atoms with Crippen LogP contribution in [0.5, 0.6) is 0 Å². The molecule has 0 N–H and O–H groups in total. The van der Waals surface area contributed by atoms with E-state index in [4.69, 9.17) is 71.0 Å². The van der Waals surface area contributed by atoms with Crippen molar-refractivity contribution in [2.45, 2.75) is 227 Å². The van der Waals surface area contributed by atoms with Crippen LogP contribution in [0.15, 0.2) is 0 Å². The number of hydrogen-bond acceptors (Lipinski definition) is 6. The fraction of sp³-hybridized carbons (Fsp3) is 0.882. The molecule has 0 heterocycles. The van der Waals surface area contributed by atoms with Gasteiger partial charge in [0, 0.05) is 0 Å². The second kappa shape index (κ2) is 40.2. The van der Waals surface area contributed by atoms with Gasteiger partial charge in [0.2, 0.25) is 0 Å². The van der Waals surface area contributed by atoms with E-state index in [0.717, 1.165) is 0 Å². The van der Waals surface area contributed by atoms with Gasteiger partial charge in [-0.3, -0.25) is 0 Å². The predicted molar refractivity (Wildman–Crippen MR) is 265 cm³/mol. The van der Waals surface area contributed by atoms with Crippen LogP contribution in [0.2, 0.25) is 39.9 Å². The van der Waals surface area contributed by atoms with Gasteiger partial charge < -0.3 is 71.0 Å². The van der Waals surface area contributed by atoms with Gasteiger partial charge in [-0.2, -0.15) is 0 Å². The normalized spacial score (nSPS) is 11.3. The van der Waals surface area contributed by atoms with Gasteiger partial charge in [-0.25, -0.2) is 0 Å². The van der Waals surface area contributed by atoms with Gasteiger partial charge in [0.1, 0.15) is 0 Å². The van der Waals surface area contributed by atoms with Crippen molar-refractivity contribution in [3.05, 3.63) is 39.4 Å². The molecule has 61 heavy (non-hydrogen) atoms. The minimum absolute atomic E-state index is 0. The van der Waals surface area contributed by atoms with Crippen molar-refractivity contribution >= 4 is 59.3 Å². The van der Waals surface area contributed by atoms with E-state index in [1.807, 2.05) is 0 Å². The first-order valence-corrected chi connectivity index (χ1v) is 39.4. The van der Waals surface area contributed by atoms with Crippen molar-refractivity contribution in [1.29, 1.82) is 31.6 Å². The summed E-state index contributed by atoms with van der Waals surface area (Å²) in [6.45, 7) is 93.7. The van der Waals surface area contributed by atoms with Crippen LogP contribution >= 0.6 is 0 Å². The molecule has 0 saturated heterocycles. The summed E-state index contributed by atoms with van der Waals surface area (Å²) in [4.78, 5) is 0. The third-order valence-corrected chi connectivity index (χ3v) is 47.1. The Morgan fingerprint density at radius 3 is 0.279 bits per heavy atom. The van der Waals surface area contributed by atoms with Gasteiger partial charge >= 0.3 is 352 Å². The number of hydrogen-bond donors (Lipinski definition) is 0. The van der Waals surface area contributed by atoms with Gasteiger partial charge in [-0.15, -0.1) is 0 Å². The van der Waals surface area contributed by atoms with Crippen LogP contribution in [0.4, 0.5) is 0 Å². The molecule has 0 amide bonds. The quantitative estimate of drug-likeness (QED) is 0.166. The molecule has 0 atom stereocenters. The molecule has 0 aromatic rings. The van der Waals surface area contributed by atoms with Crippen LogP contribution in [0.25, 0.3) is 0 Å². The van der Waals surface area contributed by atoms with Crippen molar-refractivity contribution in [3.63, 3.8) is 0 Å². The molecule has 0 saturated carbocycles. The van der Waals surface area contributed by atoms with Crippen LogP contribution in [-0.2, 0) is 17.1 Å². The van der Waals surface area contributed by atoms with E-state index < -0.39 is 59.3 Å². The summed E-state index contributed by atoms with van der Waals surface area (Å²) in [5, 5.41) is 37.5. The molecule has 0 aromatic carbocycles. The minimum atomic E-state index is -1.22. The first-order chi connectivity index (χ1) is 26.4. The fourth-order valence-corrected chi connectivity index (χ4v) is 49.1. The van der Waals surface area contributed by atoms with Gasteiger partial charge in [0.05, 0.1) is 0 Å². The topological polar surface area (TPSA) is 143 Å². The summed E-state index contributed by atoms with van der Waals surface area (Å²) in [6.07, 6.45) is 0. The maximum atomic E-state index is 6.25. The summed E-state index contributed by atoms with van der Waals surface area (Å²) in [5.74, 6) is 0. The minimum Gasteiger partial charge on any atom is -0.512 e. The average molecular weight is 1210 g/mol. The second-order valence-corrected chi connectivity index (χ2v) is 48.8. The van der Waals surface area contributed by atoms with Gasteiger partial charge in [0.15, 0.2) is 0 Å². The Balaban J connectivity index is -0.0000000702.